The highest BCUT2D eigenvalue weighted by atomic mass is 19.3. The Morgan fingerprint density at radius 2 is 1.89 bits per heavy atom. The highest BCUT2D eigenvalue weighted by molar-refractivity contribution is 5.98. The van der Waals surface area contributed by atoms with Gasteiger partial charge in [0.2, 0.25) is 5.91 Å². The predicted molar refractivity (Wildman–Crippen MR) is 92.3 cm³/mol. The second-order valence-corrected chi connectivity index (χ2v) is 7.68. The van der Waals surface area contributed by atoms with Gasteiger partial charge < -0.3 is 14.5 Å². The smallest absolute Gasteiger partial charge is 0.376 e. The van der Waals surface area contributed by atoms with Crippen molar-refractivity contribution in [1.82, 2.24) is 4.90 Å². The standard InChI is InChI=1S/C19H21F3N2O4/c20-14-3-5-15(6-4-14)24-11-18(28-19(21,22)17(24)26)10-23(7-8-27-12-18)16(25)9-13-1-2-13/h3-6,13H,1-2,7-12H2. The topological polar surface area (TPSA) is 59.1 Å². The molecule has 9 heteroatoms. The third-order valence-corrected chi connectivity index (χ3v) is 5.29. The van der Waals surface area contributed by atoms with Gasteiger partial charge in [0.1, 0.15) is 11.4 Å². The summed E-state index contributed by atoms with van der Waals surface area (Å²) >= 11 is 0. The van der Waals surface area contributed by atoms with Crippen molar-refractivity contribution >= 4 is 17.5 Å². The van der Waals surface area contributed by atoms with Crippen molar-refractivity contribution in [2.24, 2.45) is 5.92 Å². The Labute approximate surface area is 160 Å². The Morgan fingerprint density at radius 3 is 2.57 bits per heavy atom. The van der Waals surface area contributed by atoms with Crippen molar-refractivity contribution in [3.8, 4) is 0 Å². The van der Waals surface area contributed by atoms with Gasteiger partial charge in [-0.1, -0.05) is 0 Å². The number of benzene rings is 1. The summed E-state index contributed by atoms with van der Waals surface area (Å²) < 4.78 is 52.6. The van der Waals surface area contributed by atoms with Gasteiger partial charge in [-0.2, -0.15) is 8.78 Å². The molecule has 0 bridgehead atoms. The molecule has 28 heavy (non-hydrogen) atoms. The number of carbonyl (C=O) groups excluding carboxylic acids is 2. The Bertz CT molecular complexity index is 769. The molecule has 1 unspecified atom stereocenters. The number of hydrogen-bond acceptors (Lipinski definition) is 4. The van der Waals surface area contributed by atoms with Crippen LogP contribution in [0, 0.1) is 11.7 Å². The van der Waals surface area contributed by atoms with Crippen molar-refractivity contribution in [2.45, 2.75) is 31.0 Å². The summed E-state index contributed by atoms with van der Waals surface area (Å²) in [5, 5.41) is 0. The minimum atomic E-state index is -4.08. The first-order chi connectivity index (χ1) is 13.3. The maximum atomic E-state index is 14.5. The molecule has 1 atom stereocenters. The lowest BCUT2D eigenvalue weighted by atomic mass is 10.00. The highest BCUT2D eigenvalue weighted by Crippen LogP contribution is 2.38. The number of alkyl halides is 2. The SMILES string of the molecule is O=C(CC1CC1)N1CCOCC2(C1)CN(c1ccc(F)cc1)C(=O)C(F)(F)O2. The molecule has 2 aliphatic heterocycles. The van der Waals surface area contributed by atoms with E-state index in [0.29, 0.717) is 12.3 Å². The van der Waals surface area contributed by atoms with E-state index < -0.39 is 23.4 Å². The van der Waals surface area contributed by atoms with Crippen LogP contribution >= 0.6 is 0 Å². The summed E-state index contributed by atoms with van der Waals surface area (Å²) in [6.45, 7) is -0.00946. The summed E-state index contributed by atoms with van der Waals surface area (Å²) in [6, 6.07) is 4.71. The molecular formula is C19H21F3N2O4. The van der Waals surface area contributed by atoms with Crippen molar-refractivity contribution in [1.29, 1.82) is 0 Å². The molecule has 2 saturated heterocycles. The monoisotopic (exact) mass is 398 g/mol. The first-order valence-corrected chi connectivity index (χ1v) is 9.29. The Balaban J connectivity index is 1.61. The van der Waals surface area contributed by atoms with Gasteiger partial charge in [-0.05, 0) is 43.0 Å². The number of ether oxygens (including phenoxy) is 2. The van der Waals surface area contributed by atoms with Crippen molar-refractivity contribution in [3.63, 3.8) is 0 Å². The van der Waals surface area contributed by atoms with Crippen LogP contribution in [0.25, 0.3) is 0 Å². The highest BCUT2D eigenvalue weighted by Gasteiger charge is 2.58. The number of hydrogen-bond donors (Lipinski definition) is 0. The van der Waals surface area contributed by atoms with E-state index in [-0.39, 0.29) is 44.4 Å². The van der Waals surface area contributed by atoms with Crippen LogP contribution in [-0.2, 0) is 19.1 Å². The molecule has 2 heterocycles. The summed E-state index contributed by atoms with van der Waals surface area (Å²) in [7, 11) is 0. The number of carbonyl (C=O) groups is 2. The number of nitrogens with zero attached hydrogens (tertiary/aromatic N) is 2. The van der Waals surface area contributed by atoms with Crippen LogP contribution in [0.4, 0.5) is 18.9 Å². The van der Waals surface area contributed by atoms with E-state index in [1.807, 2.05) is 0 Å². The van der Waals surface area contributed by atoms with Gasteiger partial charge in [-0.15, -0.1) is 0 Å². The maximum absolute atomic E-state index is 14.5. The Hall–Kier alpha value is -2.13. The van der Waals surface area contributed by atoms with E-state index >= 15 is 0 Å². The number of morpholine rings is 1. The van der Waals surface area contributed by atoms with Crippen LogP contribution in [0.2, 0.25) is 0 Å². The van der Waals surface area contributed by atoms with Gasteiger partial charge >= 0.3 is 12.0 Å². The van der Waals surface area contributed by atoms with E-state index in [2.05, 4.69) is 0 Å². The van der Waals surface area contributed by atoms with Gasteiger partial charge in [0.05, 0.1) is 26.3 Å². The third-order valence-electron chi connectivity index (χ3n) is 5.29. The van der Waals surface area contributed by atoms with Crippen LogP contribution in [0.15, 0.2) is 24.3 Å². The van der Waals surface area contributed by atoms with Gasteiger partial charge in [-0.25, -0.2) is 4.39 Å². The van der Waals surface area contributed by atoms with Crippen LogP contribution in [0.3, 0.4) is 0 Å². The molecule has 152 valence electrons. The maximum Gasteiger partial charge on any atom is 0.437 e. The number of anilines is 1. The molecular weight excluding hydrogens is 377 g/mol. The molecule has 1 spiro atoms. The zero-order valence-corrected chi connectivity index (χ0v) is 15.2. The van der Waals surface area contributed by atoms with Gasteiger partial charge in [0.25, 0.3) is 0 Å². The first kappa shape index (κ1) is 19.2. The van der Waals surface area contributed by atoms with Crippen LogP contribution in [0.5, 0.6) is 0 Å². The molecule has 1 aliphatic carbocycles. The zero-order chi connectivity index (χ0) is 19.9. The molecule has 6 nitrogen and oxygen atoms in total. The van der Waals surface area contributed by atoms with E-state index in [0.717, 1.165) is 29.9 Å². The third kappa shape index (κ3) is 3.86. The van der Waals surface area contributed by atoms with Crippen LogP contribution in [-0.4, -0.2) is 61.3 Å². The van der Waals surface area contributed by atoms with Crippen LogP contribution in [0.1, 0.15) is 19.3 Å². The van der Waals surface area contributed by atoms with E-state index in [9.17, 15) is 22.8 Å². The summed E-state index contributed by atoms with van der Waals surface area (Å²) in [5.41, 5.74) is -1.43. The molecule has 0 N–H and O–H groups in total. The number of amides is 2. The fraction of sp³-hybridized carbons (Fsp3) is 0.579. The molecule has 0 aromatic heterocycles. The predicted octanol–water partition coefficient (Wildman–Crippen LogP) is 2.18. The van der Waals surface area contributed by atoms with E-state index in [1.165, 1.54) is 17.0 Å². The average Bonchev–Trinajstić information content (AvgIpc) is 3.46. The van der Waals surface area contributed by atoms with Gasteiger partial charge in [0.15, 0.2) is 0 Å². The molecule has 3 fully saturated rings. The fourth-order valence-electron chi connectivity index (χ4n) is 3.67. The number of rotatable bonds is 3. The molecule has 3 aliphatic rings. The zero-order valence-electron chi connectivity index (χ0n) is 15.2. The average molecular weight is 398 g/mol. The molecule has 0 radical (unpaired) electrons. The molecule has 1 aromatic rings. The minimum Gasteiger partial charge on any atom is -0.376 e. The van der Waals surface area contributed by atoms with Crippen molar-refractivity contribution in [2.75, 3.05) is 37.7 Å². The molecule has 2 amide bonds. The lowest BCUT2D eigenvalue weighted by molar-refractivity contribution is -0.293. The fourth-order valence-corrected chi connectivity index (χ4v) is 3.67. The quantitative estimate of drug-likeness (QED) is 0.783. The summed E-state index contributed by atoms with van der Waals surface area (Å²) in [4.78, 5) is 27.2. The second-order valence-electron chi connectivity index (χ2n) is 7.68. The van der Waals surface area contributed by atoms with E-state index in [4.69, 9.17) is 9.47 Å². The Morgan fingerprint density at radius 1 is 1.18 bits per heavy atom. The largest absolute Gasteiger partial charge is 0.437 e. The van der Waals surface area contributed by atoms with Crippen molar-refractivity contribution < 1.29 is 32.2 Å². The Kier molecular flexibility index (Phi) is 4.83. The van der Waals surface area contributed by atoms with Gasteiger partial charge in [0, 0.05) is 18.7 Å². The van der Waals surface area contributed by atoms with E-state index in [1.54, 1.807) is 0 Å². The number of halogens is 3. The summed E-state index contributed by atoms with van der Waals surface area (Å²) in [6.07, 6.45) is -1.69. The molecule has 4 rings (SSSR count). The molecule has 1 saturated carbocycles. The molecule has 1 aromatic carbocycles. The lowest BCUT2D eigenvalue weighted by Crippen LogP contribution is -2.66. The normalized spacial score (nSPS) is 27.8. The lowest BCUT2D eigenvalue weighted by Gasteiger charge is -2.45. The first-order valence-electron chi connectivity index (χ1n) is 9.29. The summed E-state index contributed by atoms with van der Waals surface area (Å²) in [5.74, 6) is -1.83. The van der Waals surface area contributed by atoms with Gasteiger partial charge in [-0.3, -0.25) is 14.3 Å². The second kappa shape index (κ2) is 7.04. The minimum absolute atomic E-state index is 0.0981. The van der Waals surface area contributed by atoms with Crippen molar-refractivity contribution in [3.05, 3.63) is 30.1 Å². The van der Waals surface area contributed by atoms with Crippen LogP contribution < -0.4 is 4.90 Å².